The summed E-state index contributed by atoms with van der Waals surface area (Å²) in [5, 5.41) is 0.938. The Morgan fingerprint density at radius 1 is 0.868 bits per heavy atom. The van der Waals surface area contributed by atoms with Crippen LogP contribution in [0.1, 0.15) is 15.9 Å². The Bertz CT molecular complexity index is 1970. The zero-order chi connectivity index (χ0) is 26.4. The third-order valence-corrected chi connectivity index (χ3v) is 8.09. The van der Waals surface area contributed by atoms with Gasteiger partial charge >= 0.3 is 0 Å². The van der Waals surface area contributed by atoms with E-state index in [9.17, 15) is 13.2 Å². The van der Waals surface area contributed by atoms with Gasteiger partial charge in [0.25, 0.3) is 10.0 Å². The highest BCUT2D eigenvalue weighted by molar-refractivity contribution is 7.90. The maximum atomic E-state index is 15.4. The first kappa shape index (κ1) is 23.6. The van der Waals surface area contributed by atoms with Crippen molar-refractivity contribution in [1.29, 1.82) is 0 Å². The van der Waals surface area contributed by atoms with Crippen LogP contribution in [0, 0.1) is 12.7 Å². The van der Waals surface area contributed by atoms with Gasteiger partial charge in [-0.25, -0.2) is 21.8 Å². The van der Waals surface area contributed by atoms with E-state index in [-0.39, 0.29) is 21.6 Å². The first-order valence-corrected chi connectivity index (χ1v) is 13.1. The minimum atomic E-state index is -4.04. The number of aromatic nitrogens is 4. The van der Waals surface area contributed by atoms with Crippen LogP contribution in [0.15, 0.2) is 96.5 Å². The van der Waals surface area contributed by atoms with E-state index in [4.69, 9.17) is 0 Å². The van der Waals surface area contributed by atoms with Crippen molar-refractivity contribution in [1.82, 2.24) is 18.9 Å². The van der Waals surface area contributed by atoms with E-state index in [1.165, 1.54) is 36.8 Å². The summed E-state index contributed by atoms with van der Waals surface area (Å²) in [6, 6.07) is 16.5. The van der Waals surface area contributed by atoms with Crippen molar-refractivity contribution in [2.24, 2.45) is 0 Å². The van der Waals surface area contributed by atoms with Crippen molar-refractivity contribution in [3.8, 4) is 22.3 Å². The number of rotatable bonds is 5. The molecule has 0 radical (unpaired) electrons. The molecule has 0 saturated heterocycles. The fourth-order valence-corrected chi connectivity index (χ4v) is 5.86. The lowest BCUT2D eigenvalue weighted by Crippen LogP contribution is -2.12. The summed E-state index contributed by atoms with van der Waals surface area (Å²) in [5.74, 6) is -0.565. The predicted octanol–water partition coefficient (Wildman–Crippen LogP) is 5.81. The van der Waals surface area contributed by atoms with E-state index >= 15 is 4.39 Å². The molecule has 0 N–H and O–H groups in total. The predicted molar refractivity (Wildman–Crippen MR) is 143 cm³/mol. The summed E-state index contributed by atoms with van der Waals surface area (Å²) in [6.45, 7) is 1.87. The first-order valence-electron chi connectivity index (χ1n) is 11.6. The van der Waals surface area contributed by atoms with Gasteiger partial charge in [-0.2, -0.15) is 0 Å². The van der Waals surface area contributed by atoms with Gasteiger partial charge in [0.1, 0.15) is 11.3 Å². The summed E-state index contributed by atoms with van der Waals surface area (Å²) < 4.78 is 43.8. The molecule has 38 heavy (non-hydrogen) atoms. The van der Waals surface area contributed by atoms with Gasteiger partial charge in [0.15, 0.2) is 11.9 Å². The first-order chi connectivity index (χ1) is 18.4. The molecule has 0 fully saturated rings. The zero-order valence-electron chi connectivity index (χ0n) is 20.0. The topological polar surface area (TPSA) is 94.8 Å². The van der Waals surface area contributed by atoms with E-state index in [1.807, 2.05) is 13.0 Å². The standard InChI is InChI=1S/C29H19FN4O3S/c1-18-4-6-22(7-5-18)38(36,37)34-16-26(25-11-19(17-35)14-33-29(25)34)21-12-24-23(20-3-2-9-31-15-20)8-10-32-28(24)27(30)13-21/h2-17H,1H3. The number of carbonyl (C=O) groups excluding carboxylic acids is 1. The third kappa shape index (κ3) is 3.84. The van der Waals surface area contributed by atoms with Crippen LogP contribution in [0.2, 0.25) is 0 Å². The average molecular weight is 523 g/mol. The molecule has 0 unspecified atom stereocenters. The largest absolute Gasteiger partial charge is 0.298 e. The number of hydrogen-bond donors (Lipinski definition) is 0. The lowest BCUT2D eigenvalue weighted by molar-refractivity contribution is 0.112. The molecule has 186 valence electrons. The van der Waals surface area contributed by atoms with E-state index in [2.05, 4.69) is 15.0 Å². The van der Waals surface area contributed by atoms with Crippen LogP contribution in [0.4, 0.5) is 4.39 Å². The van der Waals surface area contributed by atoms with Crippen LogP contribution in [0.5, 0.6) is 0 Å². The SMILES string of the molecule is Cc1ccc(S(=O)(=O)n2cc(-c3cc(F)c4nccc(-c5cccnc5)c4c3)c3cc(C=O)cnc32)cc1. The molecule has 0 bridgehead atoms. The molecular formula is C29H19FN4O3S. The number of halogens is 1. The molecule has 4 heterocycles. The van der Waals surface area contributed by atoms with Crippen molar-refractivity contribution in [2.45, 2.75) is 11.8 Å². The highest BCUT2D eigenvalue weighted by Gasteiger charge is 2.24. The average Bonchev–Trinajstić information content (AvgIpc) is 3.33. The monoisotopic (exact) mass is 522 g/mol. The summed E-state index contributed by atoms with van der Waals surface area (Å²) in [5.41, 5.74) is 3.83. The van der Waals surface area contributed by atoms with Gasteiger partial charge in [0, 0.05) is 58.4 Å². The second-order valence-corrected chi connectivity index (χ2v) is 10.7. The Balaban J connectivity index is 1.64. The fraction of sp³-hybridized carbons (Fsp3) is 0.0345. The highest BCUT2D eigenvalue weighted by atomic mass is 32.2. The summed E-state index contributed by atoms with van der Waals surface area (Å²) >= 11 is 0. The molecule has 0 amide bonds. The van der Waals surface area contributed by atoms with Crippen LogP contribution in [0.25, 0.3) is 44.2 Å². The lowest BCUT2D eigenvalue weighted by atomic mass is 9.97. The van der Waals surface area contributed by atoms with Crippen LogP contribution < -0.4 is 0 Å². The van der Waals surface area contributed by atoms with Gasteiger partial charge in [0.05, 0.1) is 4.90 Å². The Morgan fingerprint density at radius 2 is 1.68 bits per heavy atom. The minimum absolute atomic E-state index is 0.0839. The summed E-state index contributed by atoms with van der Waals surface area (Å²) in [7, 11) is -4.04. The minimum Gasteiger partial charge on any atom is -0.298 e. The number of pyridine rings is 3. The number of hydrogen-bond acceptors (Lipinski definition) is 6. The molecule has 0 spiro atoms. The van der Waals surface area contributed by atoms with E-state index in [1.54, 1.807) is 48.8 Å². The number of benzene rings is 2. The lowest BCUT2D eigenvalue weighted by Gasteiger charge is -2.09. The Hall–Kier alpha value is -4.76. The molecule has 0 aliphatic rings. The molecule has 4 aromatic heterocycles. The molecule has 2 aromatic carbocycles. The molecule has 0 atom stereocenters. The Kier molecular flexibility index (Phi) is 5.57. The number of nitrogens with zero attached hydrogens (tertiary/aromatic N) is 4. The molecule has 9 heteroatoms. The Morgan fingerprint density at radius 3 is 2.42 bits per heavy atom. The van der Waals surface area contributed by atoms with Gasteiger partial charge < -0.3 is 0 Å². The second kappa shape index (κ2) is 8.97. The van der Waals surface area contributed by atoms with Crippen molar-refractivity contribution < 1.29 is 17.6 Å². The molecule has 0 aliphatic heterocycles. The van der Waals surface area contributed by atoms with Gasteiger partial charge in [-0.05, 0) is 60.5 Å². The molecule has 7 nitrogen and oxygen atoms in total. The number of aldehydes is 1. The summed E-state index contributed by atoms with van der Waals surface area (Å²) in [4.78, 5) is 24.3. The van der Waals surface area contributed by atoms with Gasteiger partial charge in [0.2, 0.25) is 0 Å². The maximum Gasteiger partial charge on any atom is 0.269 e. The maximum absolute atomic E-state index is 15.4. The molecule has 6 rings (SSSR count). The van der Waals surface area contributed by atoms with E-state index < -0.39 is 15.8 Å². The molecule has 0 saturated carbocycles. The van der Waals surface area contributed by atoms with Crippen molar-refractivity contribution in [3.05, 3.63) is 109 Å². The number of fused-ring (bicyclic) bond motifs is 2. The van der Waals surface area contributed by atoms with Crippen LogP contribution in [-0.2, 0) is 10.0 Å². The summed E-state index contributed by atoms with van der Waals surface area (Å²) in [6.07, 6.45) is 8.23. The number of carbonyl (C=O) groups is 1. The normalized spacial score (nSPS) is 11.7. The fourth-order valence-electron chi connectivity index (χ4n) is 4.54. The molecule has 0 aliphatic carbocycles. The van der Waals surface area contributed by atoms with Gasteiger partial charge in [-0.15, -0.1) is 0 Å². The smallest absolute Gasteiger partial charge is 0.269 e. The van der Waals surface area contributed by atoms with Gasteiger partial charge in [-0.3, -0.25) is 14.8 Å². The second-order valence-electron chi connectivity index (χ2n) is 8.87. The van der Waals surface area contributed by atoms with Gasteiger partial charge in [-0.1, -0.05) is 23.8 Å². The molecule has 6 aromatic rings. The molecular weight excluding hydrogens is 503 g/mol. The van der Waals surface area contributed by atoms with Crippen LogP contribution in [0.3, 0.4) is 0 Å². The van der Waals surface area contributed by atoms with Crippen LogP contribution in [-0.4, -0.2) is 33.6 Å². The number of aryl methyl sites for hydroxylation is 1. The van der Waals surface area contributed by atoms with Crippen LogP contribution >= 0.6 is 0 Å². The quantitative estimate of drug-likeness (QED) is 0.265. The van der Waals surface area contributed by atoms with Crippen molar-refractivity contribution >= 4 is 38.2 Å². The van der Waals surface area contributed by atoms with E-state index in [0.29, 0.717) is 28.2 Å². The third-order valence-electron chi connectivity index (χ3n) is 6.43. The zero-order valence-corrected chi connectivity index (χ0v) is 20.9. The van der Waals surface area contributed by atoms with Crippen molar-refractivity contribution in [2.75, 3.05) is 0 Å². The van der Waals surface area contributed by atoms with Crippen molar-refractivity contribution in [3.63, 3.8) is 0 Å². The van der Waals surface area contributed by atoms with E-state index in [0.717, 1.165) is 20.7 Å². The highest BCUT2D eigenvalue weighted by Crippen LogP contribution is 2.37. The Labute approximate surface area is 217 Å².